The number of hydrazine groups is 1. The molecule has 158 valence electrons. The Morgan fingerprint density at radius 3 is 2.30 bits per heavy atom. The van der Waals surface area contributed by atoms with E-state index >= 15 is 0 Å². The Morgan fingerprint density at radius 1 is 1.03 bits per heavy atom. The lowest BCUT2D eigenvalue weighted by molar-refractivity contribution is -0.122. The van der Waals surface area contributed by atoms with E-state index in [-0.39, 0.29) is 12.5 Å². The Morgan fingerprint density at radius 2 is 1.67 bits per heavy atom. The second-order valence-electron chi connectivity index (χ2n) is 7.09. The number of allylic oxidation sites excluding steroid dienone is 1. The zero-order chi connectivity index (χ0) is 21.5. The molecule has 1 heterocycles. The number of hydrogen-bond donors (Lipinski definition) is 1. The maximum atomic E-state index is 12.5. The molecule has 2 aromatic carbocycles. The maximum Gasteiger partial charge on any atom is 0.262 e. The van der Waals surface area contributed by atoms with Crippen LogP contribution in [0.4, 0.5) is 5.69 Å². The van der Waals surface area contributed by atoms with Crippen molar-refractivity contribution in [1.82, 2.24) is 10.3 Å². The fourth-order valence-electron chi connectivity index (χ4n) is 3.16. The van der Waals surface area contributed by atoms with E-state index in [1.807, 2.05) is 66.5 Å². The smallest absolute Gasteiger partial charge is 0.262 e. The van der Waals surface area contributed by atoms with Crippen LogP contribution < -0.4 is 19.8 Å². The summed E-state index contributed by atoms with van der Waals surface area (Å²) in [4.78, 5) is 12.5. The van der Waals surface area contributed by atoms with Gasteiger partial charge in [0, 0.05) is 7.05 Å². The van der Waals surface area contributed by atoms with E-state index in [1.165, 1.54) is 0 Å². The van der Waals surface area contributed by atoms with Crippen LogP contribution in [0.3, 0.4) is 0 Å². The number of rotatable bonds is 9. The number of carbonyl (C=O) groups is 1. The Balaban J connectivity index is 1.55. The highest BCUT2D eigenvalue weighted by atomic mass is 16.5. The average Bonchev–Trinajstić information content (AvgIpc) is 2.97. The van der Waals surface area contributed by atoms with Crippen LogP contribution in [0.2, 0.25) is 0 Å². The monoisotopic (exact) mass is 407 g/mol. The van der Waals surface area contributed by atoms with E-state index in [0.29, 0.717) is 23.8 Å². The zero-order valence-electron chi connectivity index (χ0n) is 17.9. The normalized spacial score (nSPS) is 13.6. The first-order chi connectivity index (χ1) is 14.5. The van der Waals surface area contributed by atoms with E-state index in [9.17, 15) is 4.79 Å². The Labute approximate surface area is 178 Å². The second kappa shape index (κ2) is 9.87. The number of nitrogens with zero attached hydrogens (tertiary/aromatic N) is 2. The summed E-state index contributed by atoms with van der Waals surface area (Å²) in [5.41, 5.74) is 3.29. The molecule has 0 aromatic heterocycles. The topological polar surface area (TPSA) is 54.0 Å². The van der Waals surface area contributed by atoms with Crippen LogP contribution in [0, 0.1) is 0 Å². The number of hydrogen-bond acceptors (Lipinski definition) is 5. The molecule has 0 bridgehead atoms. The molecule has 1 aliphatic heterocycles. The van der Waals surface area contributed by atoms with E-state index in [4.69, 9.17) is 9.47 Å². The van der Waals surface area contributed by atoms with E-state index in [1.54, 1.807) is 12.1 Å². The molecular formula is C24H29N3O3. The van der Waals surface area contributed by atoms with Crippen LogP contribution in [0.25, 0.3) is 0 Å². The van der Waals surface area contributed by atoms with Gasteiger partial charge in [-0.25, -0.2) is 0 Å². The third-order valence-corrected chi connectivity index (χ3v) is 4.92. The summed E-state index contributed by atoms with van der Waals surface area (Å²) in [6, 6.07) is 17.2. The fraction of sp³-hybridized carbons (Fsp3) is 0.292. The first kappa shape index (κ1) is 21.3. The van der Waals surface area contributed by atoms with Gasteiger partial charge in [-0.2, -0.15) is 0 Å². The van der Waals surface area contributed by atoms with Crippen molar-refractivity contribution < 1.29 is 14.3 Å². The lowest BCUT2D eigenvalue weighted by Crippen LogP contribution is -2.33. The summed E-state index contributed by atoms with van der Waals surface area (Å²) < 4.78 is 11.3. The van der Waals surface area contributed by atoms with Gasteiger partial charge >= 0.3 is 0 Å². The number of anilines is 1. The molecule has 0 aliphatic carbocycles. The van der Waals surface area contributed by atoms with Crippen molar-refractivity contribution in [3.63, 3.8) is 0 Å². The van der Waals surface area contributed by atoms with Gasteiger partial charge in [-0.15, -0.1) is 0 Å². The average molecular weight is 408 g/mol. The van der Waals surface area contributed by atoms with E-state index in [0.717, 1.165) is 30.0 Å². The Kier molecular flexibility index (Phi) is 7.01. The lowest BCUT2D eigenvalue weighted by Gasteiger charge is -2.29. The molecule has 0 fully saturated rings. The molecule has 0 spiro atoms. The molecule has 30 heavy (non-hydrogen) atoms. The predicted octanol–water partition coefficient (Wildman–Crippen LogP) is 4.47. The first-order valence-corrected chi connectivity index (χ1v) is 10.2. The van der Waals surface area contributed by atoms with Crippen molar-refractivity contribution in [1.29, 1.82) is 0 Å². The molecule has 0 radical (unpaired) electrons. The highest BCUT2D eigenvalue weighted by molar-refractivity contribution is 5.81. The van der Waals surface area contributed by atoms with Crippen molar-refractivity contribution >= 4 is 11.6 Å². The van der Waals surface area contributed by atoms with E-state index < -0.39 is 0 Å². The van der Waals surface area contributed by atoms with Gasteiger partial charge in [0.2, 0.25) is 0 Å². The molecule has 1 amide bonds. The molecule has 1 aliphatic rings. The zero-order valence-corrected chi connectivity index (χ0v) is 17.9. The molecule has 0 unspecified atom stereocenters. The van der Waals surface area contributed by atoms with Gasteiger partial charge in [0.1, 0.15) is 11.5 Å². The maximum absolute atomic E-state index is 12.5. The highest BCUT2D eigenvalue weighted by Gasteiger charge is 2.30. The summed E-state index contributed by atoms with van der Waals surface area (Å²) in [6.45, 7) is 8.85. The number of amides is 1. The SMILES string of the molecule is C=C1C(NC(=O)COc2ccc(OCCCC)cc2)=C(C)N(C)N1c1ccccc1. The van der Waals surface area contributed by atoms with Crippen molar-refractivity contribution in [2.75, 3.05) is 25.3 Å². The minimum atomic E-state index is -0.239. The number of nitrogens with one attached hydrogen (secondary N) is 1. The molecule has 6 nitrogen and oxygen atoms in total. The molecule has 1 N–H and O–H groups in total. The van der Waals surface area contributed by atoms with Crippen molar-refractivity contribution in [3.05, 3.63) is 78.3 Å². The molecular weight excluding hydrogens is 378 g/mol. The van der Waals surface area contributed by atoms with Crippen molar-refractivity contribution in [2.45, 2.75) is 26.7 Å². The standard InChI is InChI=1S/C24H29N3O3/c1-5-6-16-29-21-12-14-22(15-13-21)30-17-23(28)25-24-18(2)26(4)27(19(24)3)20-10-8-7-9-11-20/h7-15H,3,5-6,16-17H2,1-2,4H3,(H,25,28). The van der Waals surface area contributed by atoms with Crippen LogP contribution in [-0.2, 0) is 4.79 Å². The van der Waals surface area contributed by atoms with Gasteiger partial charge < -0.3 is 14.8 Å². The quantitative estimate of drug-likeness (QED) is 0.622. The second-order valence-corrected chi connectivity index (χ2v) is 7.09. The van der Waals surface area contributed by atoms with Gasteiger partial charge in [-0.3, -0.25) is 14.8 Å². The highest BCUT2D eigenvalue weighted by Crippen LogP contribution is 2.33. The Hall–Kier alpha value is -3.41. The van der Waals surface area contributed by atoms with Gasteiger partial charge in [0.25, 0.3) is 5.91 Å². The summed E-state index contributed by atoms with van der Waals surface area (Å²) in [5.74, 6) is 1.18. The number of benzene rings is 2. The summed E-state index contributed by atoms with van der Waals surface area (Å²) in [7, 11) is 1.94. The molecule has 2 aromatic rings. The summed E-state index contributed by atoms with van der Waals surface area (Å²) >= 11 is 0. The largest absolute Gasteiger partial charge is 0.494 e. The number of ether oxygens (including phenoxy) is 2. The lowest BCUT2D eigenvalue weighted by atomic mass is 10.2. The third-order valence-electron chi connectivity index (χ3n) is 4.92. The minimum Gasteiger partial charge on any atom is -0.494 e. The first-order valence-electron chi connectivity index (χ1n) is 10.2. The van der Waals surface area contributed by atoms with Gasteiger partial charge in [-0.05, 0) is 49.7 Å². The van der Waals surface area contributed by atoms with Gasteiger partial charge in [0.05, 0.1) is 29.4 Å². The third kappa shape index (κ3) is 4.95. The molecule has 3 rings (SSSR count). The van der Waals surface area contributed by atoms with Gasteiger partial charge in [-0.1, -0.05) is 38.1 Å². The van der Waals surface area contributed by atoms with Crippen LogP contribution in [0.15, 0.2) is 78.3 Å². The molecule has 0 saturated heterocycles. The van der Waals surface area contributed by atoms with Crippen LogP contribution >= 0.6 is 0 Å². The number of para-hydroxylation sites is 1. The Bertz CT molecular complexity index is 907. The van der Waals surface area contributed by atoms with Crippen LogP contribution in [0.5, 0.6) is 11.5 Å². The molecule has 0 saturated carbocycles. The number of carbonyl (C=O) groups excluding carboxylic acids is 1. The minimum absolute atomic E-state index is 0.0881. The fourth-order valence-corrected chi connectivity index (χ4v) is 3.16. The predicted molar refractivity (Wildman–Crippen MR) is 119 cm³/mol. The molecule has 0 atom stereocenters. The molecule has 6 heteroatoms. The van der Waals surface area contributed by atoms with Crippen LogP contribution in [0.1, 0.15) is 26.7 Å². The van der Waals surface area contributed by atoms with E-state index in [2.05, 4.69) is 18.8 Å². The van der Waals surface area contributed by atoms with Crippen molar-refractivity contribution in [3.8, 4) is 11.5 Å². The van der Waals surface area contributed by atoms with Gasteiger partial charge in [0.15, 0.2) is 6.61 Å². The van der Waals surface area contributed by atoms with Crippen molar-refractivity contribution in [2.24, 2.45) is 0 Å². The summed E-state index contributed by atoms with van der Waals surface area (Å²) in [5, 5.41) is 6.86. The number of unbranched alkanes of at least 4 members (excludes halogenated alkanes) is 1. The summed E-state index contributed by atoms with van der Waals surface area (Å²) in [6.07, 6.45) is 2.12. The van der Waals surface area contributed by atoms with Crippen LogP contribution in [-0.4, -0.2) is 31.2 Å².